The van der Waals surface area contributed by atoms with Crippen molar-refractivity contribution in [3.05, 3.63) is 145 Å². The Kier molecular flexibility index (Phi) is 7.87. The highest BCUT2D eigenvalue weighted by Gasteiger charge is 2.23. The van der Waals surface area contributed by atoms with Crippen LogP contribution in [-0.2, 0) is 0 Å². The lowest BCUT2D eigenvalue weighted by Crippen LogP contribution is -2.05. The van der Waals surface area contributed by atoms with Crippen LogP contribution in [0.15, 0.2) is 111 Å². The van der Waals surface area contributed by atoms with E-state index in [0.29, 0.717) is 34.0 Å². The van der Waals surface area contributed by atoms with Crippen molar-refractivity contribution in [2.24, 2.45) is 0 Å². The smallest absolute Gasteiger partial charge is 0.159 e. The number of H-pyrrole nitrogens is 1. The van der Waals surface area contributed by atoms with Gasteiger partial charge in [0.15, 0.2) is 5.82 Å². The number of anilines is 2. The first-order chi connectivity index (χ1) is 19.9. The van der Waals surface area contributed by atoms with Gasteiger partial charge in [0.1, 0.15) is 11.5 Å². The molecule has 1 aliphatic carbocycles. The Morgan fingerprint density at radius 3 is 2.63 bits per heavy atom. The van der Waals surface area contributed by atoms with E-state index >= 15 is 4.39 Å². The first-order valence-corrected chi connectivity index (χ1v) is 13.2. The summed E-state index contributed by atoms with van der Waals surface area (Å²) in [5, 5.41) is 6.30. The molecular weight excluding hydrogens is 511 g/mol. The van der Waals surface area contributed by atoms with Gasteiger partial charge in [0.25, 0.3) is 0 Å². The molecule has 0 fully saturated rings. The summed E-state index contributed by atoms with van der Waals surface area (Å²) < 4.78 is 16.3. The molecule has 0 saturated heterocycles. The van der Waals surface area contributed by atoms with Crippen LogP contribution in [0.5, 0.6) is 0 Å². The lowest BCUT2D eigenvalue weighted by atomic mass is 10.0. The minimum absolute atomic E-state index is 0.151. The zero-order valence-electron chi connectivity index (χ0n) is 23.1. The molecule has 3 heterocycles. The van der Waals surface area contributed by atoms with Crippen LogP contribution < -0.4 is 10.6 Å². The summed E-state index contributed by atoms with van der Waals surface area (Å²) in [7, 11) is 1.72. The first kappa shape index (κ1) is 27.3. The molecule has 7 heteroatoms. The largest absolute Gasteiger partial charge is 0.386 e. The Bertz CT molecular complexity index is 1740. The van der Waals surface area contributed by atoms with Crippen molar-refractivity contribution in [2.75, 3.05) is 17.7 Å². The summed E-state index contributed by atoms with van der Waals surface area (Å²) >= 11 is 0. The van der Waals surface area contributed by atoms with Gasteiger partial charge in [0.2, 0.25) is 0 Å². The number of aromatic nitrogens is 4. The quantitative estimate of drug-likeness (QED) is 0.177. The maximum Gasteiger partial charge on any atom is 0.159 e. The van der Waals surface area contributed by atoms with Crippen LogP contribution in [0, 0.1) is 12.7 Å². The van der Waals surface area contributed by atoms with Crippen LogP contribution in [0.25, 0.3) is 28.1 Å². The molecule has 3 aromatic heterocycles. The molecule has 0 saturated carbocycles. The SMILES string of the molecule is C=C/C=C(/C1=CCC=C1)c1nc(C(=C)c2c(NC)cnc(-c3cncc(NC(=C)c4ccccc4)c3)c2F)[nH]c1C. The number of halogens is 1. The number of aryl methyl sites for hydroxylation is 1. The second-order valence-corrected chi connectivity index (χ2v) is 9.54. The van der Waals surface area contributed by atoms with E-state index in [1.54, 1.807) is 37.8 Å². The van der Waals surface area contributed by atoms with Crippen molar-refractivity contribution in [1.29, 1.82) is 0 Å². The fourth-order valence-corrected chi connectivity index (χ4v) is 4.77. The van der Waals surface area contributed by atoms with Gasteiger partial charge >= 0.3 is 0 Å². The van der Waals surface area contributed by atoms with Crippen molar-refractivity contribution < 1.29 is 4.39 Å². The van der Waals surface area contributed by atoms with Crippen LogP contribution in [0.3, 0.4) is 0 Å². The Balaban J connectivity index is 1.50. The third-order valence-corrected chi connectivity index (χ3v) is 6.81. The number of hydrogen-bond donors (Lipinski definition) is 3. The van der Waals surface area contributed by atoms with Gasteiger partial charge in [0, 0.05) is 46.9 Å². The Labute approximate surface area is 239 Å². The number of nitrogens with zero attached hydrogens (tertiary/aromatic N) is 3. The highest BCUT2D eigenvalue weighted by molar-refractivity contribution is 5.88. The molecule has 1 aromatic carbocycles. The molecule has 0 aliphatic heterocycles. The molecule has 3 N–H and O–H groups in total. The molecule has 0 bridgehead atoms. The predicted molar refractivity (Wildman–Crippen MR) is 168 cm³/mol. The minimum Gasteiger partial charge on any atom is -0.386 e. The highest BCUT2D eigenvalue weighted by Crippen LogP contribution is 2.36. The van der Waals surface area contributed by atoms with E-state index in [0.717, 1.165) is 34.5 Å². The number of aromatic amines is 1. The van der Waals surface area contributed by atoms with Gasteiger partial charge in [-0.3, -0.25) is 9.97 Å². The lowest BCUT2D eigenvalue weighted by Gasteiger charge is -2.15. The van der Waals surface area contributed by atoms with E-state index in [4.69, 9.17) is 4.98 Å². The molecule has 5 rings (SSSR count). The maximum absolute atomic E-state index is 16.3. The zero-order valence-corrected chi connectivity index (χ0v) is 23.1. The number of hydrogen-bond acceptors (Lipinski definition) is 5. The second kappa shape index (κ2) is 11.8. The van der Waals surface area contributed by atoms with E-state index in [1.807, 2.05) is 43.3 Å². The average Bonchev–Trinajstić information content (AvgIpc) is 3.66. The summed E-state index contributed by atoms with van der Waals surface area (Å²) in [5.74, 6) is -0.0585. The Morgan fingerprint density at radius 1 is 1.12 bits per heavy atom. The van der Waals surface area contributed by atoms with Gasteiger partial charge in [-0.2, -0.15) is 0 Å². The number of benzene rings is 1. The summed E-state index contributed by atoms with van der Waals surface area (Å²) in [6.07, 6.45) is 15.7. The summed E-state index contributed by atoms with van der Waals surface area (Å²) in [5.41, 5.74) is 7.77. The topological polar surface area (TPSA) is 78.5 Å². The maximum atomic E-state index is 16.3. The third-order valence-electron chi connectivity index (χ3n) is 6.81. The van der Waals surface area contributed by atoms with E-state index in [1.165, 1.54) is 0 Å². The van der Waals surface area contributed by atoms with E-state index < -0.39 is 5.82 Å². The van der Waals surface area contributed by atoms with Crippen molar-refractivity contribution in [2.45, 2.75) is 13.3 Å². The van der Waals surface area contributed by atoms with Gasteiger partial charge in [-0.25, -0.2) is 9.37 Å². The predicted octanol–water partition coefficient (Wildman–Crippen LogP) is 7.96. The third kappa shape index (κ3) is 5.56. The summed E-state index contributed by atoms with van der Waals surface area (Å²) in [4.78, 5) is 16.9. The standard InChI is InChI=1S/C34H31FN6/c1-6-12-28(25-15-10-11-16-25)32-23(4)40-34(41-32)21(2)30-29(36-5)20-38-33(31(30)35)26-17-27(19-37-18-26)39-22(3)24-13-8-7-9-14-24/h6-10,12-20,36,39H,1-3,11H2,4-5H3,(H,40,41)/b28-12-. The summed E-state index contributed by atoms with van der Waals surface area (Å²) in [6, 6.07) is 11.5. The number of pyridine rings is 2. The van der Waals surface area contributed by atoms with Crippen molar-refractivity contribution in [3.8, 4) is 11.3 Å². The number of rotatable bonds is 10. The highest BCUT2D eigenvalue weighted by atomic mass is 19.1. The summed E-state index contributed by atoms with van der Waals surface area (Å²) in [6.45, 7) is 14.2. The molecule has 0 atom stereocenters. The molecule has 41 heavy (non-hydrogen) atoms. The van der Waals surface area contributed by atoms with E-state index in [9.17, 15) is 0 Å². The monoisotopic (exact) mass is 542 g/mol. The number of allylic oxidation sites excluding steroid dienone is 7. The van der Waals surface area contributed by atoms with Crippen molar-refractivity contribution in [1.82, 2.24) is 19.9 Å². The van der Waals surface area contributed by atoms with E-state index in [-0.39, 0.29) is 11.3 Å². The minimum atomic E-state index is -0.526. The van der Waals surface area contributed by atoms with Gasteiger partial charge in [-0.15, -0.1) is 0 Å². The van der Waals surface area contributed by atoms with E-state index in [2.05, 4.69) is 63.6 Å². The molecule has 0 amide bonds. The average molecular weight is 543 g/mol. The Hall–Kier alpha value is -5.30. The molecule has 0 spiro atoms. The Morgan fingerprint density at radius 2 is 1.93 bits per heavy atom. The van der Waals surface area contributed by atoms with Gasteiger partial charge < -0.3 is 15.6 Å². The van der Waals surface area contributed by atoms with Gasteiger partial charge in [-0.1, -0.05) is 80.4 Å². The normalized spacial score (nSPS) is 12.7. The molecule has 1 aliphatic rings. The molecule has 4 aromatic rings. The van der Waals surface area contributed by atoms with Crippen LogP contribution >= 0.6 is 0 Å². The molecule has 0 radical (unpaired) electrons. The molecule has 6 nitrogen and oxygen atoms in total. The number of nitrogens with one attached hydrogen (secondary N) is 3. The van der Waals surface area contributed by atoms with Crippen LogP contribution in [0.4, 0.5) is 15.8 Å². The van der Waals surface area contributed by atoms with Gasteiger partial charge in [-0.05, 0) is 30.5 Å². The van der Waals surface area contributed by atoms with Crippen molar-refractivity contribution >= 4 is 28.2 Å². The molecular formula is C34H31FN6. The zero-order chi connectivity index (χ0) is 28.9. The van der Waals surface area contributed by atoms with Crippen LogP contribution in [-0.4, -0.2) is 27.0 Å². The van der Waals surface area contributed by atoms with Crippen LogP contribution in [0.2, 0.25) is 0 Å². The molecule has 0 unspecified atom stereocenters. The fourth-order valence-electron chi connectivity index (χ4n) is 4.77. The first-order valence-electron chi connectivity index (χ1n) is 13.2. The molecule has 204 valence electrons. The number of imidazole rings is 1. The second-order valence-electron chi connectivity index (χ2n) is 9.54. The fraction of sp³-hybridized carbons (Fsp3) is 0.0882. The van der Waals surface area contributed by atoms with Gasteiger partial charge in [0.05, 0.1) is 29.5 Å². The van der Waals surface area contributed by atoms with Crippen LogP contribution in [0.1, 0.15) is 34.8 Å². The van der Waals surface area contributed by atoms with Crippen molar-refractivity contribution in [3.63, 3.8) is 0 Å². The lowest BCUT2D eigenvalue weighted by molar-refractivity contribution is 0.622.